The number of nitrogens with two attached hydrogens (primary N) is 1. The molecular formula is C26H33NO6. The van der Waals surface area contributed by atoms with Crippen LogP contribution in [0.5, 0.6) is 0 Å². The first-order chi connectivity index (χ1) is 15.9. The van der Waals surface area contributed by atoms with E-state index in [0.717, 1.165) is 24.0 Å². The molecule has 0 unspecified atom stereocenters. The molecule has 0 radical (unpaired) electrons. The second-order valence-electron chi connectivity index (χ2n) is 7.89. The third-order valence-electron chi connectivity index (χ3n) is 4.89. The van der Waals surface area contributed by atoms with Gasteiger partial charge in [-0.25, -0.2) is 0 Å². The monoisotopic (exact) mass is 455 g/mol. The minimum absolute atomic E-state index is 0.195. The van der Waals surface area contributed by atoms with E-state index in [-0.39, 0.29) is 26.1 Å². The Balaban J connectivity index is 1.72. The van der Waals surface area contributed by atoms with Crippen LogP contribution in [0, 0.1) is 0 Å². The van der Waals surface area contributed by atoms with E-state index in [1.807, 2.05) is 60.7 Å². The van der Waals surface area contributed by atoms with Crippen LogP contribution in [0.2, 0.25) is 0 Å². The second kappa shape index (κ2) is 14.8. The van der Waals surface area contributed by atoms with Crippen molar-refractivity contribution in [2.75, 3.05) is 13.2 Å². The average Bonchev–Trinajstić information content (AvgIpc) is 2.82. The predicted octanol–water partition coefficient (Wildman–Crippen LogP) is 3.38. The highest BCUT2D eigenvalue weighted by atomic mass is 16.6. The molecule has 33 heavy (non-hydrogen) atoms. The van der Waals surface area contributed by atoms with Crippen LogP contribution in [0.15, 0.2) is 60.7 Å². The van der Waals surface area contributed by atoms with Crippen LogP contribution in [-0.4, -0.2) is 43.3 Å². The van der Waals surface area contributed by atoms with Crippen molar-refractivity contribution in [3.8, 4) is 0 Å². The fraction of sp³-hybridized carbons (Fsp3) is 0.423. The van der Waals surface area contributed by atoms with E-state index in [4.69, 9.17) is 19.9 Å². The molecular weight excluding hydrogens is 422 g/mol. The SMILES string of the molecule is C[C@@H](N)C(=O)OC(COC(=O)CCCc1ccccc1)COC(=O)CCCc1ccccc1. The molecule has 0 heterocycles. The van der Waals surface area contributed by atoms with Gasteiger partial charge < -0.3 is 19.9 Å². The molecule has 2 aromatic carbocycles. The fourth-order valence-corrected chi connectivity index (χ4v) is 3.07. The molecule has 0 bridgehead atoms. The van der Waals surface area contributed by atoms with Crippen LogP contribution < -0.4 is 5.73 Å². The Morgan fingerprint density at radius 1 is 0.758 bits per heavy atom. The number of esters is 3. The molecule has 0 aliphatic carbocycles. The Morgan fingerprint density at radius 3 is 1.58 bits per heavy atom. The van der Waals surface area contributed by atoms with Gasteiger partial charge in [-0.1, -0.05) is 60.7 Å². The third-order valence-corrected chi connectivity index (χ3v) is 4.89. The number of ether oxygens (including phenoxy) is 3. The molecule has 0 saturated heterocycles. The minimum Gasteiger partial charge on any atom is -0.462 e. The van der Waals surface area contributed by atoms with Crippen molar-refractivity contribution < 1.29 is 28.6 Å². The maximum atomic E-state index is 12.1. The lowest BCUT2D eigenvalue weighted by atomic mass is 10.1. The molecule has 0 aliphatic heterocycles. The third kappa shape index (κ3) is 11.3. The summed E-state index contributed by atoms with van der Waals surface area (Å²) in [7, 11) is 0. The van der Waals surface area contributed by atoms with E-state index in [9.17, 15) is 14.4 Å². The number of aryl methyl sites for hydroxylation is 2. The van der Waals surface area contributed by atoms with Crippen molar-refractivity contribution in [3.63, 3.8) is 0 Å². The Morgan fingerprint density at radius 2 is 1.18 bits per heavy atom. The zero-order valence-corrected chi connectivity index (χ0v) is 19.1. The molecule has 1 atom stereocenters. The normalized spacial score (nSPS) is 11.6. The summed E-state index contributed by atoms with van der Waals surface area (Å²) in [5.41, 5.74) is 7.84. The van der Waals surface area contributed by atoms with Crippen LogP contribution in [0.4, 0.5) is 0 Å². The molecule has 0 saturated carbocycles. The van der Waals surface area contributed by atoms with Gasteiger partial charge in [0, 0.05) is 12.8 Å². The van der Waals surface area contributed by atoms with Crippen LogP contribution >= 0.6 is 0 Å². The second-order valence-corrected chi connectivity index (χ2v) is 7.89. The molecule has 7 nitrogen and oxygen atoms in total. The van der Waals surface area contributed by atoms with Gasteiger partial charge in [-0.3, -0.25) is 14.4 Å². The first-order valence-electron chi connectivity index (χ1n) is 11.3. The van der Waals surface area contributed by atoms with Crippen molar-refractivity contribution in [2.24, 2.45) is 5.73 Å². The van der Waals surface area contributed by atoms with E-state index < -0.39 is 30.1 Å². The quantitative estimate of drug-likeness (QED) is 0.344. The Hall–Kier alpha value is -3.19. The summed E-state index contributed by atoms with van der Waals surface area (Å²) in [6.45, 7) is 1.10. The zero-order valence-electron chi connectivity index (χ0n) is 19.1. The zero-order chi connectivity index (χ0) is 23.9. The molecule has 0 aromatic heterocycles. The first-order valence-corrected chi connectivity index (χ1v) is 11.3. The number of rotatable bonds is 14. The highest BCUT2D eigenvalue weighted by Gasteiger charge is 2.21. The summed E-state index contributed by atoms with van der Waals surface area (Å²) in [6, 6.07) is 18.9. The molecule has 2 N–H and O–H groups in total. The highest BCUT2D eigenvalue weighted by molar-refractivity contribution is 5.75. The van der Waals surface area contributed by atoms with Gasteiger partial charge in [0.1, 0.15) is 19.3 Å². The van der Waals surface area contributed by atoms with Crippen LogP contribution in [-0.2, 0) is 41.4 Å². The maximum absolute atomic E-state index is 12.1. The molecule has 0 amide bonds. The smallest absolute Gasteiger partial charge is 0.323 e. The summed E-state index contributed by atoms with van der Waals surface area (Å²) >= 11 is 0. The lowest BCUT2D eigenvalue weighted by Gasteiger charge is -2.19. The van der Waals surface area contributed by atoms with Crippen LogP contribution in [0.1, 0.15) is 43.7 Å². The van der Waals surface area contributed by atoms with Gasteiger partial charge in [0.05, 0.1) is 0 Å². The molecule has 2 aromatic rings. The van der Waals surface area contributed by atoms with Gasteiger partial charge >= 0.3 is 17.9 Å². The number of carbonyl (C=O) groups is 3. The Labute approximate surface area is 195 Å². The lowest BCUT2D eigenvalue weighted by molar-refractivity contribution is -0.167. The largest absolute Gasteiger partial charge is 0.462 e. The van der Waals surface area contributed by atoms with Crippen LogP contribution in [0.25, 0.3) is 0 Å². The van der Waals surface area contributed by atoms with Gasteiger partial charge in [-0.15, -0.1) is 0 Å². The molecule has 2 rings (SSSR count). The number of hydrogen-bond acceptors (Lipinski definition) is 7. The fourth-order valence-electron chi connectivity index (χ4n) is 3.07. The lowest BCUT2D eigenvalue weighted by Crippen LogP contribution is -2.37. The summed E-state index contributed by atoms with van der Waals surface area (Å²) < 4.78 is 15.7. The van der Waals surface area contributed by atoms with E-state index >= 15 is 0 Å². The average molecular weight is 456 g/mol. The molecule has 7 heteroatoms. The standard InChI is InChI=1S/C26H33NO6/c1-20(27)26(30)33-23(18-31-24(28)16-8-14-21-10-4-2-5-11-21)19-32-25(29)17-9-15-22-12-6-3-7-13-22/h2-7,10-13,20,23H,8-9,14-19,27H2,1H3/t20-/m1/s1. The Bertz CT molecular complexity index is 792. The first kappa shape index (κ1) is 26.1. The number of carbonyl (C=O) groups excluding carboxylic acids is 3. The summed E-state index contributed by atoms with van der Waals surface area (Å²) in [5, 5.41) is 0. The minimum atomic E-state index is -0.903. The number of benzene rings is 2. The summed E-state index contributed by atoms with van der Waals surface area (Å²) in [4.78, 5) is 36.0. The Kier molecular flexibility index (Phi) is 11.7. The van der Waals surface area contributed by atoms with Crippen molar-refractivity contribution in [3.05, 3.63) is 71.8 Å². The van der Waals surface area contributed by atoms with Crippen LogP contribution in [0.3, 0.4) is 0 Å². The van der Waals surface area contributed by atoms with Crippen molar-refractivity contribution >= 4 is 17.9 Å². The molecule has 0 fully saturated rings. The van der Waals surface area contributed by atoms with E-state index in [1.165, 1.54) is 6.92 Å². The van der Waals surface area contributed by atoms with Gasteiger partial charge in [0.2, 0.25) is 0 Å². The van der Waals surface area contributed by atoms with Gasteiger partial charge in [-0.05, 0) is 43.7 Å². The van der Waals surface area contributed by atoms with E-state index in [2.05, 4.69) is 0 Å². The topological polar surface area (TPSA) is 105 Å². The van der Waals surface area contributed by atoms with Crippen molar-refractivity contribution in [2.45, 2.75) is 57.6 Å². The van der Waals surface area contributed by atoms with Crippen molar-refractivity contribution in [1.82, 2.24) is 0 Å². The molecule has 0 aliphatic rings. The van der Waals surface area contributed by atoms with Gasteiger partial charge in [0.15, 0.2) is 6.10 Å². The number of hydrogen-bond donors (Lipinski definition) is 1. The predicted molar refractivity (Wildman–Crippen MR) is 124 cm³/mol. The summed E-state index contributed by atoms with van der Waals surface area (Å²) in [6.07, 6.45) is 2.39. The summed E-state index contributed by atoms with van der Waals surface area (Å²) in [5.74, 6) is -1.45. The highest BCUT2D eigenvalue weighted by Crippen LogP contribution is 2.08. The van der Waals surface area contributed by atoms with Gasteiger partial charge in [0.25, 0.3) is 0 Å². The molecule has 178 valence electrons. The maximum Gasteiger partial charge on any atom is 0.323 e. The van der Waals surface area contributed by atoms with E-state index in [0.29, 0.717) is 12.8 Å². The molecule has 0 spiro atoms. The van der Waals surface area contributed by atoms with Crippen molar-refractivity contribution in [1.29, 1.82) is 0 Å². The van der Waals surface area contributed by atoms with Gasteiger partial charge in [-0.2, -0.15) is 0 Å². The van der Waals surface area contributed by atoms with E-state index in [1.54, 1.807) is 0 Å².